The van der Waals surface area contributed by atoms with Crippen LogP contribution in [-0.2, 0) is 4.79 Å². The first-order chi connectivity index (χ1) is 14.7. The number of aromatic nitrogens is 2. The van der Waals surface area contributed by atoms with E-state index in [9.17, 15) is 19.7 Å². The molecule has 0 unspecified atom stereocenters. The van der Waals surface area contributed by atoms with Gasteiger partial charge in [0.2, 0.25) is 5.91 Å². The molecule has 0 saturated heterocycles. The van der Waals surface area contributed by atoms with E-state index < -0.39 is 10.8 Å². The van der Waals surface area contributed by atoms with Crippen molar-refractivity contribution < 1.29 is 14.5 Å². The quantitative estimate of drug-likeness (QED) is 0.484. The summed E-state index contributed by atoms with van der Waals surface area (Å²) in [6.45, 7) is 5.61. The lowest BCUT2D eigenvalue weighted by molar-refractivity contribution is -0.384. The van der Waals surface area contributed by atoms with Crippen LogP contribution in [0.5, 0.6) is 0 Å². The molecule has 2 aromatic carbocycles. The lowest BCUT2D eigenvalue weighted by atomic mass is 10.1. The molecule has 0 radical (unpaired) electrons. The highest BCUT2D eigenvalue weighted by Crippen LogP contribution is 2.25. The van der Waals surface area contributed by atoms with E-state index in [1.54, 1.807) is 6.20 Å². The molecule has 31 heavy (non-hydrogen) atoms. The number of nitro groups is 1. The number of benzene rings is 2. The number of hydrogen-bond donors (Lipinski definition) is 1. The van der Waals surface area contributed by atoms with Crippen LogP contribution in [0, 0.1) is 30.9 Å². The number of nitrogens with one attached hydrogen (secondary N) is 1. The van der Waals surface area contributed by atoms with E-state index in [0.717, 1.165) is 22.4 Å². The van der Waals surface area contributed by atoms with E-state index in [1.165, 1.54) is 47.2 Å². The van der Waals surface area contributed by atoms with Crippen LogP contribution in [0.15, 0.2) is 49.1 Å². The standard InChI is InChI=1S/C22H23N5O4/c1-14-9-15(2)21(16(3)10-14)24-20(28)12-25(4)22(29)17-5-6-18(19(11-17)27(30)31)26-8-7-23-13-26/h5-11,13H,12H2,1-4H3,(H,24,28). The van der Waals surface area contributed by atoms with Gasteiger partial charge in [0.1, 0.15) is 5.69 Å². The summed E-state index contributed by atoms with van der Waals surface area (Å²) in [6, 6.07) is 8.13. The number of nitro benzene ring substituents is 1. The summed E-state index contributed by atoms with van der Waals surface area (Å²) >= 11 is 0. The van der Waals surface area contributed by atoms with Crippen LogP contribution in [-0.4, -0.2) is 44.8 Å². The number of rotatable bonds is 6. The fourth-order valence-electron chi connectivity index (χ4n) is 3.49. The number of carbonyl (C=O) groups is 2. The van der Waals surface area contributed by atoms with Crippen molar-refractivity contribution in [1.82, 2.24) is 14.5 Å². The molecule has 1 N–H and O–H groups in total. The van der Waals surface area contributed by atoms with E-state index in [1.807, 2.05) is 32.9 Å². The molecule has 0 aliphatic heterocycles. The lowest BCUT2D eigenvalue weighted by Gasteiger charge is -2.19. The zero-order chi connectivity index (χ0) is 22.7. The van der Waals surface area contributed by atoms with Gasteiger partial charge in [-0.25, -0.2) is 4.98 Å². The molecule has 0 fully saturated rings. The zero-order valence-electron chi connectivity index (χ0n) is 17.7. The summed E-state index contributed by atoms with van der Waals surface area (Å²) in [6.07, 6.45) is 4.53. The zero-order valence-corrected chi connectivity index (χ0v) is 17.7. The largest absolute Gasteiger partial charge is 0.332 e. The summed E-state index contributed by atoms with van der Waals surface area (Å²) in [5.74, 6) is -0.844. The monoisotopic (exact) mass is 421 g/mol. The normalized spacial score (nSPS) is 10.6. The van der Waals surface area contributed by atoms with Gasteiger partial charge in [-0.1, -0.05) is 17.7 Å². The van der Waals surface area contributed by atoms with Crippen LogP contribution in [0.1, 0.15) is 27.0 Å². The maximum Gasteiger partial charge on any atom is 0.294 e. The lowest BCUT2D eigenvalue weighted by Crippen LogP contribution is -2.35. The Morgan fingerprint density at radius 1 is 1.16 bits per heavy atom. The van der Waals surface area contributed by atoms with Gasteiger partial charge in [0, 0.05) is 36.8 Å². The molecule has 160 valence electrons. The first kappa shape index (κ1) is 21.7. The molecule has 0 aliphatic rings. The van der Waals surface area contributed by atoms with Gasteiger partial charge in [-0.15, -0.1) is 0 Å². The minimum absolute atomic E-state index is 0.119. The van der Waals surface area contributed by atoms with Crippen molar-refractivity contribution >= 4 is 23.2 Å². The number of imidazole rings is 1. The fraction of sp³-hybridized carbons (Fsp3) is 0.227. The Balaban J connectivity index is 1.76. The predicted octanol–water partition coefficient (Wildman–Crippen LogP) is 3.42. The number of likely N-dealkylation sites (N-methyl/N-ethyl adjacent to an activating group) is 1. The molecule has 3 rings (SSSR count). The Kier molecular flexibility index (Phi) is 6.15. The number of amides is 2. The summed E-state index contributed by atoms with van der Waals surface area (Å²) in [7, 11) is 1.48. The molecule has 2 amide bonds. The number of nitrogens with zero attached hydrogens (tertiary/aromatic N) is 4. The van der Waals surface area contributed by atoms with Crippen molar-refractivity contribution in [3.8, 4) is 5.69 Å². The van der Waals surface area contributed by atoms with Crippen LogP contribution < -0.4 is 5.32 Å². The minimum Gasteiger partial charge on any atom is -0.332 e. The average molecular weight is 421 g/mol. The maximum absolute atomic E-state index is 12.8. The Morgan fingerprint density at radius 3 is 2.42 bits per heavy atom. The molecular formula is C22H23N5O4. The topological polar surface area (TPSA) is 110 Å². The van der Waals surface area contributed by atoms with Crippen molar-refractivity contribution in [3.63, 3.8) is 0 Å². The van der Waals surface area contributed by atoms with Gasteiger partial charge in [-0.3, -0.25) is 19.7 Å². The van der Waals surface area contributed by atoms with Gasteiger partial charge in [-0.05, 0) is 44.0 Å². The van der Waals surface area contributed by atoms with Crippen molar-refractivity contribution in [2.24, 2.45) is 0 Å². The highest BCUT2D eigenvalue weighted by Gasteiger charge is 2.22. The SMILES string of the molecule is Cc1cc(C)c(NC(=O)CN(C)C(=O)c2ccc(-n3ccnc3)c([N+](=O)[O-])c2)c(C)c1. The predicted molar refractivity (Wildman–Crippen MR) is 116 cm³/mol. The molecule has 3 aromatic rings. The Bertz CT molecular complexity index is 1130. The molecular weight excluding hydrogens is 398 g/mol. The van der Waals surface area contributed by atoms with Crippen molar-refractivity contribution in [1.29, 1.82) is 0 Å². The average Bonchev–Trinajstić information content (AvgIpc) is 3.24. The van der Waals surface area contributed by atoms with Gasteiger partial charge in [0.15, 0.2) is 0 Å². The van der Waals surface area contributed by atoms with Gasteiger partial charge >= 0.3 is 0 Å². The van der Waals surface area contributed by atoms with Gasteiger partial charge in [0.25, 0.3) is 11.6 Å². The summed E-state index contributed by atoms with van der Waals surface area (Å²) < 4.78 is 1.50. The molecule has 9 nitrogen and oxygen atoms in total. The van der Waals surface area contributed by atoms with Crippen LogP contribution in [0.4, 0.5) is 11.4 Å². The second-order valence-electron chi connectivity index (χ2n) is 7.41. The van der Waals surface area contributed by atoms with E-state index in [2.05, 4.69) is 10.3 Å². The number of hydrogen-bond acceptors (Lipinski definition) is 5. The molecule has 0 spiro atoms. The third kappa shape index (κ3) is 4.77. The second-order valence-corrected chi connectivity index (χ2v) is 7.41. The summed E-state index contributed by atoms with van der Waals surface area (Å²) in [5.41, 5.74) is 3.87. The highest BCUT2D eigenvalue weighted by atomic mass is 16.6. The molecule has 0 saturated carbocycles. The molecule has 0 atom stereocenters. The first-order valence-electron chi connectivity index (χ1n) is 9.57. The number of carbonyl (C=O) groups excluding carboxylic acids is 2. The highest BCUT2D eigenvalue weighted by molar-refractivity contribution is 6.00. The number of anilines is 1. The summed E-state index contributed by atoms with van der Waals surface area (Å²) in [5, 5.41) is 14.4. The fourth-order valence-corrected chi connectivity index (χ4v) is 3.49. The van der Waals surface area contributed by atoms with Crippen LogP contribution >= 0.6 is 0 Å². The third-order valence-electron chi connectivity index (χ3n) is 4.87. The van der Waals surface area contributed by atoms with Crippen molar-refractivity contribution in [3.05, 3.63) is 81.4 Å². The number of aryl methyl sites for hydroxylation is 3. The van der Waals surface area contributed by atoms with Crippen LogP contribution in [0.3, 0.4) is 0 Å². The molecule has 9 heteroatoms. The van der Waals surface area contributed by atoms with E-state index in [-0.39, 0.29) is 23.7 Å². The third-order valence-corrected chi connectivity index (χ3v) is 4.87. The van der Waals surface area contributed by atoms with Gasteiger partial charge < -0.3 is 14.8 Å². The molecule has 1 aromatic heterocycles. The van der Waals surface area contributed by atoms with Crippen LogP contribution in [0.2, 0.25) is 0 Å². The second kappa shape index (κ2) is 8.78. The Morgan fingerprint density at radius 2 is 1.84 bits per heavy atom. The van der Waals surface area contributed by atoms with Crippen LogP contribution in [0.25, 0.3) is 5.69 Å². The van der Waals surface area contributed by atoms with Gasteiger partial charge in [-0.2, -0.15) is 0 Å². The van der Waals surface area contributed by atoms with Crippen molar-refractivity contribution in [2.75, 3.05) is 18.9 Å². The van der Waals surface area contributed by atoms with Gasteiger partial charge in [0.05, 0.1) is 17.8 Å². The van der Waals surface area contributed by atoms with E-state index in [0.29, 0.717) is 5.69 Å². The molecule has 1 heterocycles. The molecule has 0 aliphatic carbocycles. The smallest absolute Gasteiger partial charge is 0.294 e. The first-order valence-corrected chi connectivity index (χ1v) is 9.57. The minimum atomic E-state index is -0.554. The maximum atomic E-state index is 12.8. The Labute approximate surface area is 179 Å². The summed E-state index contributed by atoms with van der Waals surface area (Å²) in [4.78, 5) is 41.4. The molecule has 0 bridgehead atoms. The van der Waals surface area contributed by atoms with E-state index in [4.69, 9.17) is 0 Å². The van der Waals surface area contributed by atoms with Crippen molar-refractivity contribution in [2.45, 2.75) is 20.8 Å². The van der Waals surface area contributed by atoms with E-state index >= 15 is 0 Å². The Hall–Kier alpha value is -4.01.